The third kappa shape index (κ3) is 3.22. The van der Waals surface area contributed by atoms with E-state index in [1.54, 1.807) is 30.5 Å². The molecule has 0 spiro atoms. The van der Waals surface area contributed by atoms with Crippen molar-refractivity contribution in [3.05, 3.63) is 46.1 Å². The molecule has 0 bridgehead atoms. The number of rotatable bonds is 3. The summed E-state index contributed by atoms with van der Waals surface area (Å²) in [5, 5.41) is 9.97. The maximum atomic E-state index is 11.6. The molecule has 6 heteroatoms. The summed E-state index contributed by atoms with van der Waals surface area (Å²) in [6.07, 6.45) is 1.80. The van der Waals surface area contributed by atoms with Crippen LogP contribution >= 0.6 is 23.2 Å². The fraction of sp³-hybridized carbons (Fsp3) is 0.0909. The number of nitrogens with one attached hydrogen (secondary N) is 2. The summed E-state index contributed by atoms with van der Waals surface area (Å²) in [6, 6.07) is 6.78. The van der Waals surface area contributed by atoms with Crippen LogP contribution in [-0.2, 0) is 11.2 Å². The Labute approximate surface area is 108 Å². The Hall–Kier alpha value is -1.52. The maximum absolute atomic E-state index is 11.6. The summed E-state index contributed by atoms with van der Waals surface area (Å²) in [7, 11) is 0. The summed E-state index contributed by atoms with van der Waals surface area (Å²) in [5.41, 5.74) is 0.802. The topological polar surface area (TPSA) is 57.8 Å². The lowest BCUT2D eigenvalue weighted by molar-refractivity contribution is -0.115. The summed E-state index contributed by atoms with van der Waals surface area (Å²) < 4.78 is 0. The molecule has 0 aliphatic rings. The van der Waals surface area contributed by atoms with Gasteiger partial charge in [-0.05, 0) is 17.7 Å². The molecule has 2 N–H and O–H groups in total. The van der Waals surface area contributed by atoms with Gasteiger partial charge >= 0.3 is 0 Å². The van der Waals surface area contributed by atoms with Crippen LogP contribution in [-0.4, -0.2) is 16.1 Å². The van der Waals surface area contributed by atoms with Gasteiger partial charge in [-0.15, -0.1) is 0 Å². The lowest BCUT2D eigenvalue weighted by atomic mass is 10.1. The number of carbonyl (C=O) groups excluding carboxylic acids is 1. The molecule has 0 atom stereocenters. The van der Waals surface area contributed by atoms with Gasteiger partial charge in [0.15, 0.2) is 0 Å². The first-order valence-electron chi connectivity index (χ1n) is 4.88. The number of benzene rings is 1. The summed E-state index contributed by atoms with van der Waals surface area (Å²) in [6.45, 7) is 0. The minimum Gasteiger partial charge on any atom is -0.311 e. The molecule has 0 saturated heterocycles. The molecular weight excluding hydrogens is 261 g/mol. The first kappa shape index (κ1) is 12.0. The van der Waals surface area contributed by atoms with Crippen molar-refractivity contribution in [3.8, 4) is 0 Å². The van der Waals surface area contributed by atoms with Crippen molar-refractivity contribution >= 4 is 34.9 Å². The molecule has 1 aromatic carbocycles. The highest BCUT2D eigenvalue weighted by molar-refractivity contribution is 6.42. The first-order chi connectivity index (χ1) is 8.15. The zero-order valence-electron chi connectivity index (χ0n) is 8.71. The van der Waals surface area contributed by atoms with Crippen molar-refractivity contribution < 1.29 is 4.79 Å². The predicted molar refractivity (Wildman–Crippen MR) is 67.4 cm³/mol. The number of halogens is 2. The molecule has 1 aromatic heterocycles. The number of carbonyl (C=O) groups is 1. The Morgan fingerprint density at radius 2 is 2.12 bits per heavy atom. The van der Waals surface area contributed by atoms with E-state index in [1.165, 1.54) is 0 Å². The van der Waals surface area contributed by atoms with E-state index in [0.717, 1.165) is 5.56 Å². The van der Waals surface area contributed by atoms with Crippen molar-refractivity contribution in [3.63, 3.8) is 0 Å². The molecule has 88 valence electrons. The van der Waals surface area contributed by atoms with Crippen LogP contribution in [0.5, 0.6) is 0 Å². The Balaban J connectivity index is 2.00. The number of aromatic amines is 1. The smallest absolute Gasteiger partial charge is 0.229 e. The number of hydrogen-bond donors (Lipinski definition) is 2. The van der Waals surface area contributed by atoms with Gasteiger partial charge in [0, 0.05) is 6.07 Å². The average molecular weight is 270 g/mol. The van der Waals surface area contributed by atoms with Crippen molar-refractivity contribution in [1.82, 2.24) is 10.2 Å². The van der Waals surface area contributed by atoms with Crippen LogP contribution < -0.4 is 5.32 Å². The van der Waals surface area contributed by atoms with E-state index in [2.05, 4.69) is 15.5 Å². The van der Waals surface area contributed by atoms with Crippen LogP contribution in [0.1, 0.15) is 5.56 Å². The molecule has 2 rings (SSSR count). The van der Waals surface area contributed by atoms with E-state index in [4.69, 9.17) is 23.2 Å². The summed E-state index contributed by atoms with van der Waals surface area (Å²) in [5.74, 6) is 0.419. The van der Waals surface area contributed by atoms with Gasteiger partial charge in [0.25, 0.3) is 0 Å². The van der Waals surface area contributed by atoms with Crippen molar-refractivity contribution in [1.29, 1.82) is 0 Å². The SMILES string of the molecule is O=C(Cc1ccc(Cl)c(Cl)c1)Nc1ccn[nH]1. The summed E-state index contributed by atoms with van der Waals surface area (Å²) in [4.78, 5) is 11.6. The van der Waals surface area contributed by atoms with Gasteiger partial charge in [0.05, 0.1) is 22.7 Å². The highest BCUT2D eigenvalue weighted by atomic mass is 35.5. The molecule has 0 fully saturated rings. The minimum absolute atomic E-state index is 0.146. The quantitative estimate of drug-likeness (QED) is 0.900. The highest BCUT2D eigenvalue weighted by Crippen LogP contribution is 2.22. The van der Waals surface area contributed by atoms with Gasteiger partial charge in [-0.2, -0.15) is 5.10 Å². The standard InChI is InChI=1S/C11H9Cl2N3O/c12-8-2-1-7(5-9(8)13)6-11(17)15-10-3-4-14-16-10/h1-5H,6H2,(H2,14,15,16,17). The molecule has 0 aliphatic carbocycles. The van der Waals surface area contributed by atoms with Gasteiger partial charge in [-0.25, -0.2) is 0 Å². The average Bonchev–Trinajstić information content (AvgIpc) is 2.76. The van der Waals surface area contributed by atoms with E-state index in [1.807, 2.05) is 0 Å². The molecule has 0 saturated carbocycles. The van der Waals surface area contributed by atoms with Crippen LogP contribution in [0.4, 0.5) is 5.82 Å². The van der Waals surface area contributed by atoms with Crippen molar-refractivity contribution in [2.75, 3.05) is 5.32 Å². The first-order valence-corrected chi connectivity index (χ1v) is 5.64. The van der Waals surface area contributed by atoms with E-state index >= 15 is 0 Å². The van der Waals surface area contributed by atoms with Crippen molar-refractivity contribution in [2.45, 2.75) is 6.42 Å². The maximum Gasteiger partial charge on any atom is 0.229 e. The summed E-state index contributed by atoms with van der Waals surface area (Å²) >= 11 is 11.6. The Morgan fingerprint density at radius 1 is 1.29 bits per heavy atom. The lowest BCUT2D eigenvalue weighted by Crippen LogP contribution is -2.14. The fourth-order valence-electron chi connectivity index (χ4n) is 1.35. The molecule has 0 aliphatic heterocycles. The second-order valence-corrected chi connectivity index (χ2v) is 4.26. The van der Waals surface area contributed by atoms with Crippen LogP contribution in [0.25, 0.3) is 0 Å². The van der Waals surface area contributed by atoms with E-state index < -0.39 is 0 Å². The van der Waals surface area contributed by atoms with E-state index in [9.17, 15) is 4.79 Å². The van der Waals surface area contributed by atoms with Gasteiger partial charge in [0.2, 0.25) is 5.91 Å². The monoisotopic (exact) mass is 269 g/mol. The molecule has 1 heterocycles. The third-order valence-corrected chi connectivity index (χ3v) is 2.86. The van der Waals surface area contributed by atoms with E-state index in [0.29, 0.717) is 15.9 Å². The minimum atomic E-state index is -0.146. The lowest BCUT2D eigenvalue weighted by Gasteiger charge is -2.04. The second-order valence-electron chi connectivity index (χ2n) is 3.44. The van der Waals surface area contributed by atoms with Crippen LogP contribution in [0.3, 0.4) is 0 Å². The second kappa shape index (κ2) is 5.21. The Morgan fingerprint density at radius 3 is 2.76 bits per heavy atom. The van der Waals surface area contributed by atoms with Crippen molar-refractivity contribution in [2.24, 2.45) is 0 Å². The zero-order valence-corrected chi connectivity index (χ0v) is 10.2. The molecule has 0 unspecified atom stereocenters. The van der Waals surface area contributed by atoms with Gasteiger partial charge in [0.1, 0.15) is 5.82 Å². The molecule has 17 heavy (non-hydrogen) atoms. The molecule has 0 radical (unpaired) electrons. The van der Waals surface area contributed by atoms with Crippen LogP contribution in [0, 0.1) is 0 Å². The van der Waals surface area contributed by atoms with E-state index in [-0.39, 0.29) is 12.3 Å². The Bertz CT molecular complexity index is 526. The number of H-pyrrole nitrogens is 1. The fourth-order valence-corrected chi connectivity index (χ4v) is 1.68. The van der Waals surface area contributed by atoms with Crippen LogP contribution in [0.15, 0.2) is 30.5 Å². The third-order valence-electron chi connectivity index (χ3n) is 2.12. The van der Waals surface area contributed by atoms with Gasteiger partial charge in [-0.3, -0.25) is 9.89 Å². The molecule has 2 aromatic rings. The Kier molecular flexibility index (Phi) is 3.66. The normalized spacial score (nSPS) is 10.2. The largest absolute Gasteiger partial charge is 0.311 e. The zero-order chi connectivity index (χ0) is 12.3. The number of hydrogen-bond acceptors (Lipinski definition) is 2. The predicted octanol–water partition coefficient (Wildman–Crippen LogP) is 2.90. The highest BCUT2D eigenvalue weighted by Gasteiger charge is 2.06. The number of aromatic nitrogens is 2. The molecular formula is C11H9Cl2N3O. The molecule has 1 amide bonds. The molecule has 4 nitrogen and oxygen atoms in total. The van der Waals surface area contributed by atoms with Crippen LogP contribution in [0.2, 0.25) is 10.0 Å². The number of nitrogens with zero attached hydrogens (tertiary/aromatic N) is 1. The number of anilines is 1. The number of amides is 1. The van der Waals surface area contributed by atoms with Gasteiger partial charge < -0.3 is 5.32 Å². The van der Waals surface area contributed by atoms with Gasteiger partial charge in [-0.1, -0.05) is 29.3 Å².